The van der Waals surface area contributed by atoms with Crippen molar-refractivity contribution in [1.29, 1.82) is 0 Å². The molecule has 0 spiro atoms. The number of hydrogen-bond donors (Lipinski definition) is 2. The third-order valence-electron chi connectivity index (χ3n) is 4.17. The molecule has 0 heterocycles. The molecule has 0 fully saturated rings. The largest absolute Gasteiger partial charge is 0.352 e. The first-order valence-corrected chi connectivity index (χ1v) is 10.3. The van der Waals surface area contributed by atoms with E-state index in [1.807, 2.05) is 12.1 Å². The molecule has 0 saturated heterocycles. The minimum atomic E-state index is -3.68. The van der Waals surface area contributed by atoms with Crippen LogP contribution in [0.4, 0.5) is 0 Å². The smallest absolute Gasteiger partial charge is 0.244 e. The number of rotatable bonds is 6. The first kappa shape index (κ1) is 20.9. The fraction of sp³-hybridized carbons (Fsp3) is 0.286. The van der Waals surface area contributed by atoms with Crippen molar-refractivity contribution in [3.63, 3.8) is 0 Å². The van der Waals surface area contributed by atoms with Gasteiger partial charge >= 0.3 is 0 Å². The van der Waals surface area contributed by atoms with Gasteiger partial charge in [-0.2, -0.15) is 0 Å². The average Bonchev–Trinajstić information content (AvgIpc) is 2.59. The van der Waals surface area contributed by atoms with E-state index in [2.05, 4.69) is 38.2 Å². The van der Waals surface area contributed by atoms with Crippen molar-refractivity contribution in [2.24, 2.45) is 5.14 Å². The molecule has 2 rings (SSSR count). The minimum absolute atomic E-state index is 0.0793. The maximum absolute atomic E-state index is 11.9. The zero-order valence-electron chi connectivity index (χ0n) is 15.9. The van der Waals surface area contributed by atoms with Crippen LogP contribution in [0.2, 0.25) is 0 Å². The molecule has 6 heteroatoms. The number of primary sulfonamides is 1. The van der Waals surface area contributed by atoms with Gasteiger partial charge in [0.05, 0.1) is 4.90 Å². The lowest BCUT2D eigenvalue weighted by molar-refractivity contribution is -0.116. The standard InChI is InChI=1S/C21H26N2O3S/c1-21(2,3)18-9-4-16(5-10-18)8-13-20(24)23-15-14-17-6-11-19(12-7-17)27(22,25)26/h4-13H,14-15H2,1-3H3,(H,23,24)(H2,22,25,26)/b13-8+. The Labute approximate surface area is 161 Å². The third-order valence-corrected chi connectivity index (χ3v) is 5.10. The fourth-order valence-corrected chi connectivity index (χ4v) is 3.02. The monoisotopic (exact) mass is 386 g/mol. The van der Waals surface area contributed by atoms with Crippen LogP contribution < -0.4 is 10.5 Å². The third kappa shape index (κ3) is 6.66. The molecule has 27 heavy (non-hydrogen) atoms. The molecular formula is C21H26N2O3S. The Hall–Kier alpha value is -2.44. The molecule has 0 aliphatic rings. The first-order valence-electron chi connectivity index (χ1n) is 8.74. The molecule has 0 radical (unpaired) electrons. The van der Waals surface area contributed by atoms with Crippen molar-refractivity contribution in [2.75, 3.05) is 6.54 Å². The number of sulfonamides is 1. The number of nitrogens with one attached hydrogen (secondary N) is 1. The quantitative estimate of drug-likeness (QED) is 0.748. The summed E-state index contributed by atoms with van der Waals surface area (Å²) in [6.07, 6.45) is 3.89. The summed E-state index contributed by atoms with van der Waals surface area (Å²) in [6.45, 7) is 6.94. The Kier molecular flexibility index (Phi) is 6.57. The summed E-state index contributed by atoms with van der Waals surface area (Å²) in [7, 11) is -3.68. The van der Waals surface area contributed by atoms with E-state index in [0.29, 0.717) is 13.0 Å². The van der Waals surface area contributed by atoms with E-state index in [1.165, 1.54) is 23.8 Å². The second kappa shape index (κ2) is 8.50. The van der Waals surface area contributed by atoms with Crippen LogP contribution in [0.1, 0.15) is 37.5 Å². The summed E-state index contributed by atoms with van der Waals surface area (Å²) < 4.78 is 22.4. The maximum Gasteiger partial charge on any atom is 0.244 e. The number of carbonyl (C=O) groups is 1. The SMILES string of the molecule is CC(C)(C)c1ccc(/C=C/C(=O)NCCc2ccc(S(N)(=O)=O)cc2)cc1. The molecule has 0 bridgehead atoms. The summed E-state index contributed by atoms with van der Waals surface area (Å²) in [5, 5.41) is 7.88. The Morgan fingerprint density at radius 1 is 1.04 bits per heavy atom. The zero-order chi connectivity index (χ0) is 20.1. The highest BCUT2D eigenvalue weighted by Gasteiger charge is 2.12. The Morgan fingerprint density at radius 2 is 1.63 bits per heavy atom. The number of amides is 1. The molecule has 0 aliphatic heterocycles. The lowest BCUT2D eigenvalue weighted by Gasteiger charge is -2.18. The van der Waals surface area contributed by atoms with Gasteiger partial charge in [0.1, 0.15) is 0 Å². The Morgan fingerprint density at radius 3 is 2.15 bits per heavy atom. The second-order valence-corrected chi connectivity index (χ2v) is 9.00. The van der Waals surface area contributed by atoms with Gasteiger partial charge in [-0.1, -0.05) is 57.2 Å². The number of nitrogens with two attached hydrogens (primary N) is 1. The van der Waals surface area contributed by atoms with Crippen LogP contribution in [-0.2, 0) is 26.7 Å². The van der Waals surface area contributed by atoms with E-state index < -0.39 is 10.0 Å². The highest BCUT2D eigenvalue weighted by atomic mass is 32.2. The topological polar surface area (TPSA) is 89.3 Å². The van der Waals surface area contributed by atoms with E-state index in [0.717, 1.165) is 11.1 Å². The van der Waals surface area contributed by atoms with Crippen LogP contribution in [0.5, 0.6) is 0 Å². The van der Waals surface area contributed by atoms with Crippen LogP contribution in [0.15, 0.2) is 59.5 Å². The molecule has 0 atom stereocenters. The average molecular weight is 387 g/mol. The minimum Gasteiger partial charge on any atom is -0.352 e. The molecule has 3 N–H and O–H groups in total. The van der Waals surface area contributed by atoms with E-state index >= 15 is 0 Å². The predicted molar refractivity (Wildman–Crippen MR) is 109 cm³/mol. The molecule has 2 aromatic carbocycles. The van der Waals surface area contributed by atoms with Gasteiger partial charge in [0.15, 0.2) is 0 Å². The molecule has 2 aromatic rings. The molecular weight excluding hydrogens is 360 g/mol. The highest BCUT2D eigenvalue weighted by molar-refractivity contribution is 7.89. The molecule has 0 saturated carbocycles. The number of carbonyl (C=O) groups excluding carboxylic acids is 1. The second-order valence-electron chi connectivity index (χ2n) is 7.44. The van der Waals surface area contributed by atoms with E-state index in [1.54, 1.807) is 18.2 Å². The summed E-state index contributed by atoms with van der Waals surface area (Å²) in [6, 6.07) is 14.5. The van der Waals surface area contributed by atoms with Crippen LogP contribution >= 0.6 is 0 Å². The summed E-state index contributed by atoms with van der Waals surface area (Å²) in [4.78, 5) is 12.0. The van der Waals surface area contributed by atoms with Gasteiger partial charge in [0.25, 0.3) is 0 Å². The maximum atomic E-state index is 11.9. The Bertz CT molecular complexity index is 907. The van der Waals surface area contributed by atoms with Gasteiger partial charge < -0.3 is 5.32 Å². The van der Waals surface area contributed by atoms with Gasteiger partial charge in [0, 0.05) is 12.6 Å². The van der Waals surface area contributed by atoms with Crippen LogP contribution in [0.3, 0.4) is 0 Å². The summed E-state index contributed by atoms with van der Waals surface area (Å²) >= 11 is 0. The van der Waals surface area contributed by atoms with Crippen molar-refractivity contribution in [2.45, 2.75) is 37.5 Å². The first-order chi connectivity index (χ1) is 12.6. The van der Waals surface area contributed by atoms with Gasteiger partial charge in [-0.25, -0.2) is 13.6 Å². The molecule has 0 unspecified atom stereocenters. The highest BCUT2D eigenvalue weighted by Crippen LogP contribution is 2.22. The molecule has 144 valence electrons. The zero-order valence-corrected chi connectivity index (χ0v) is 16.7. The number of hydrogen-bond acceptors (Lipinski definition) is 3. The van der Waals surface area contributed by atoms with Crippen molar-refractivity contribution < 1.29 is 13.2 Å². The lowest BCUT2D eigenvalue weighted by Crippen LogP contribution is -2.23. The van der Waals surface area contributed by atoms with Gasteiger partial charge in [-0.05, 0) is 46.7 Å². The molecule has 1 amide bonds. The van der Waals surface area contributed by atoms with E-state index in [-0.39, 0.29) is 16.2 Å². The summed E-state index contributed by atoms with van der Waals surface area (Å²) in [5.74, 6) is -0.170. The number of benzene rings is 2. The summed E-state index contributed by atoms with van der Waals surface area (Å²) in [5.41, 5.74) is 3.24. The fourth-order valence-electron chi connectivity index (χ4n) is 2.50. The molecule has 5 nitrogen and oxygen atoms in total. The van der Waals surface area contributed by atoms with Crippen LogP contribution in [-0.4, -0.2) is 20.9 Å². The van der Waals surface area contributed by atoms with Crippen molar-refractivity contribution in [3.05, 3.63) is 71.3 Å². The predicted octanol–water partition coefficient (Wildman–Crippen LogP) is 3.00. The van der Waals surface area contributed by atoms with Gasteiger partial charge in [0.2, 0.25) is 15.9 Å². The van der Waals surface area contributed by atoms with E-state index in [9.17, 15) is 13.2 Å². The van der Waals surface area contributed by atoms with Crippen molar-refractivity contribution in [3.8, 4) is 0 Å². The van der Waals surface area contributed by atoms with Crippen LogP contribution in [0.25, 0.3) is 6.08 Å². The van der Waals surface area contributed by atoms with Crippen molar-refractivity contribution >= 4 is 22.0 Å². The van der Waals surface area contributed by atoms with E-state index in [4.69, 9.17) is 5.14 Å². The normalized spacial score (nSPS) is 12.3. The van der Waals surface area contributed by atoms with Crippen LogP contribution in [0, 0.1) is 0 Å². The Balaban J connectivity index is 1.83. The van der Waals surface area contributed by atoms with Gasteiger partial charge in [-0.3, -0.25) is 4.79 Å². The molecule has 0 aromatic heterocycles. The lowest BCUT2D eigenvalue weighted by atomic mass is 9.87. The van der Waals surface area contributed by atoms with Crippen molar-refractivity contribution in [1.82, 2.24) is 5.32 Å². The van der Waals surface area contributed by atoms with Gasteiger partial charge in [-0.15, -0.1) is 0 Å². The molecule has 0 aliphatic carbocycles.